The minimum Gasteiger partial charge on any atom is -0.274 e. The smallest absolute Gasteiger partial charge is 0.131 e. The van der Waals surface area contributed by atoms with E-state index < -0.39 is 0 Å². The van der Waals surface area contributed by atoms with E-state index in [4.69, 9.17) is 0 Å². The third-order valence-corrected chi connectivity index (χ3v) is 4.11. The van der Waals surface area contributed by atoms with E-state index in [2.05, 4.69) is 38.4 Å². The molecule has 0 bridgehead atoms. The van der Waals surface area contributed by atoms with E-state index in [1.807, 2.05) is 23.5 Å². The third kappa shape index (κ3) is 2.51. The van der Waals surface area contributed by atoms with E-state index in [9.17, 15) is 0 Å². The minimum atomic E-state index is 0.878. The van der Waals surface area contributed by atoms with Gasteiger partial charge in [-0.25, -0.2) is 0 Å². The molecular weight excluding hydrogens is 292 g/mol. The molecule has 2 aromatic rings. The van der Waals surface area contributed by atoms with Gasteiger partial charge in [0.2, 0.25) is 0 Å². The van der Waals surface area contributed by atoms with Gasteiger partial charge >= 0.3 is 0 Å². The molecule has 1 aliphatic rings. The first-order chi connectivity index (χ1) is 8.61. The predicted octanol–water partition coefficient (Wildman–Crippen LogP) is 2.46. The van der Waals surface area contributed by atoms with E-state index in [1.165, 1.54) is 29.8 Å². The molecule has 0 N–H and O–H groups in total. The quantitative estimate of drug-likeness (QED) is 0.870. The van der Waals surface area contributed by atoms with Gasteiger partial charge in [-0.2, -0.15) is 10.2 Å². The van der Waals surface area contributed by atoms with E-state index in [0.717, 1.165) is 23.4 Å². The van der Waals surface area contributed by atoms with E-state index in [0.29, 0.717) is 0 Å². The zero-order valence-electron chi connectivity index (χ0n) is 10.7. The average molecular weight is 309 g/mol. The highest BCUT2D eigenvalue weighted by molar-refractivity contribution is 9.10. The maximum absolute atomic E-state index is 4.60. The van der Waals surface area contributed by atoms with Crippen LogP contribution in [0.15, 0.2) is 16.9 Å². The summed E-state index contributed by atoms with van der Waals surface area (Å²) < 4.78 is 4.76. The average Bonchev–Trinajstić information content (AvgIpc) is 2.95. The van der Waals surface area contributed by atoms with Gasteiger partial charge in [-0.05, 0) is 47.2 Å². The molecule has 5 heteroatoms. The van der Waals surface area contributed by atoms with Gasteiger partial charge in [0.1, 0.15) is 4.60 Å². The SMILES string of the molecule is Cn1cc(Cc2cc(CC3CC3)nn2C)c(Br)n1. The molecule has 2 heterocycles. The second-order valence-corrected chi connectivity index (χ2v) is 5.94. The minimum absolute atomic E-state index is 0.878. The summed E-state index contributed by atoms with van der Waals surface area (Å²) in [5.41, 5.74) is 3.69. The lowest BCUT2D eigenvalue weighted by molar-refractivity contribution is 0.692. The van der Waals surface area contributed by atoms with Crippen molar-refractivity contribution in [3.05, 3.63) is 33.8 Å². The van der Waals surface area contributed by atoms with Crippen LogP contribution in [0.4, 0.5) is 0 Å². The number of rotatable bonds is 4. The highest BCUT2D eigenvalue weighted by atomic mass is 79.9. The Hall–Kier alpha value is -1.10. The molecule has 96 valence electrons. The van der Waals surface area contributed by atoms with Crippen LogP contribution in [-0.2, 0) is 26.9 Å². The van der Waals surface area contributed by atoms with Gasteiger partial charge in [0.05, 0.1) is 5.69 Å². The van der Waals surface area contributed by atoms with Crippen molar-refractivity contribution in [1.82, 2.24) is 19.6 Å². The predicted molar refractivity (Wildman–Crippen MR) is 73.4 cm³/mol. The fourth-order valence-corrected chi connectivity index (χ4v) is 2.77. The summed E-state index contributed by atoms with van der Waals surface area (Å²) in [6.07, 6.45) is 6.82. The Balaban J connectivity index is 1.78. The van der Waals surface area contributed by atoms with Crippen LogP contribution in [0.1, 0.15) is 29.8 Å². The van der Waals surface area contributed by atoms with Crippen molar-refractivity contribution in [2.75, 3.05) is 0 Å². The van der Waals surface area contributed by atoms with Crippen LogP contribution in [0.2, 0.25) is 0 Å². The van der Waals surface area contributed by atoms with Crippen molar-refractivity contribution in [3.8, 4) is 0 Å². The van der Waals surface area contributed by atoms with Crippen LogP contribution < -0.4 is 0 Å². The second-order valence-electron chi connectivity index (χ2n) is 5.19. The summed E-state index contributed by atoms with van der Waals surface area (Å²) in [7, 11) is 3.96. The monoisotopic (exact) mass is 308 g/mol. The lowest BCUT2D eigenvalue weighted by Gasteiger charge is -1.99. The molecule has 0 spiro atoms. The first-order valence-electron chi connectivity index (χ1n) is 6.31. The first-order valence-corrected chi connectivity index (χ1v) is 7.11. The standard InChI is InChI=1S/C13H17BrN4/c1-17-8-10(13(14)16-17)6-12-7-11(15-18(12)2)5-9-3-4-9/h7-9H,3-6H2,1-2H3. The van der Waals surface area contributed by atoms with Gasteiger partial charge in [-0.3, -0.25) is 9.36 Å². The van der Waals surface area contributed by atoms with E-state index in [-0.39, 0.29) is 0 Å². The molecule has 4 nitrogen and oxygen atoms in total. The first kappa shape index (κ1) is 12.0. The van der Waals surface area contributed by atoms with Crippen LogP contribution in [0.25, 0.3) is 0 Å². The van der Waals surface area contributed by atoms with Crippen molar-refractivity contribution in [1.29, 1.82) is 0 Å². The fraction of sp³-hybridized carbons (Fsp3) is 0.538. The molecule has 0 unspecified atom stereocenters. The van der Waals surface area contributed by atoms with Crippen molar-refractivity contribution in [3.63, 3.8) is 0 Å². The molecule has 0 radical (unpaired) electrons. The van der Waals surface area contributed by atoms with Gasteiger partial charge in [0.15, 0.2) is 0 Å². The molecule has 0 aromatic carbocycles. The Morgan fingerprint density at radius 1 is 1.33 bits per heavy atom. The normalized spacial score (nSPS) is 15.3. The highest BCUT2D eigenvalue weighted by Crippen LogP contribution is 2.32. The number of aryl methyl sites for hydroxylation is 2. The van der Waals surface area contributed by atoms with Crippen molar-refractivity contribution in [2.24, 2.45) is 20.0 Å². The van der Waals surface area contributed by atoms with Gasteiger partial charge in [-0.15, -0.1) is 0 Å². The van der Waals surface area contributed by atoms with Gasteiger partial charge in [0, 0.05) is 38.0 Å². The molecule has 0 saturated heterocycles. The number of aromatic nitrogens is 4. The number of hydrogen-bond donors (Lipinski definition) is 0. The molecule has 2 aromatic heterocycles. The lowest BCUT2D eigenvalue weighted by Crippen LogP contribution is -1.99. The summed E-state index contributed by atoms with van der Waals surface area (Å²) in [5, 5.41) is 8.90. The summed E-state index contributed by atoms with van der Waals surface area (Å²) in [4.78, 5) is 0. The number of halogens is 1. The largest absolute Gasteiger partial charge is 0.274 e. The molecule has 18 heavy (non-hydrogen) atoms. The zero-order chi connectivity index (χ0) is 12.7. The maximum Gasteiger partial charge on any atom is 0.131 e. The fourth-order valence-electron chi connectivity index (χ4n) is 2.28. The molecule has 0 amide bonds. The Labute approximate surface area is 115 Å². The van der Waals surface area contributed by atoms with Crippen LogP contribution in [0.5, 0.6) is 0 Å². The zero-order valence-corrected chi connectivity index (χ0v) is 12.3. The molecule has 3 rings (SSSR count). The number of hydrogen-bond acceptors (Lipinski definition) is 2. The second kappa shape index (κ2) is 4.53. The van der Waals surface area contributed by atoms with E-state index in [1.54, 1.807) is 0 Å². The molecule has 1 aliphatic carbocycles. The molecule has 0 atom stereocenters. The Bertz CT molecular complexity index is 566. The summed E-state index contributed by atoms with van der Waals surface area (Å²) in [6, 6.07) is 2.23. The van der Waals surface area contributed by atoms with Crippen LogP contribution >= 0.6 is 15.9 Å². The van der Waals surface area contributed by atoms with Crippen LogP contribution in [0.3, 0.4) is 0 Å². The van der Waals surface area contributed by atoms with Gasteiger partial charge < -0.3 is 0 Å². The molecule has 1 saturated carbocycles. The number of nitrogens with zero attached hydrogens (tertiary/aromatic N) is 4. The van der Waals surface area contributed by atoms with E-state index >= 15 is 0 Å². The van der Waals surface area contributed by atoms with Gasteiger partial charge in [0.25, 0.3) is 0 Å². The molecular formula is C13H17BrN4. The topological polar surface area (TPSA) is 35.6 Å². The van der Waals surface area contributed by atoms with Crippen molar-refractivity contribution in [2.45, 2.75) is 25.7 Å². The Morgan fingerprint density at radius 3 is 2.72 bits per heavy atom. The van der Waals surface area contributed by atoms with Crippen molar-refractivity contribution >= 4 is 15.9 Å². The summed E-state index contributed by atoms with van der Waals surface area (Å²) in [6.45, 7) is 0. The van der Waals surface area contributed by atoms with Crippen LogP contribution in [-0.4, -0.2) is 19.6 Å². The Kier molecular flexibility index (Phi) is 3.01. The lowest BCUT2D eigenvalue weighted by atomic mass is 10.1. The highest BCUT2D eigenvalue weighted by Gasteiger charge is 2.23. The van der Waals surface area contributed by atoms with Gasteiger partial charge in [-0.1, -0.05) is 0 Å². The molecule has 1 fully saturated rings. The van der Waals surface area contributed by atoms with Crippen molar-refractivity contribution < 1.29 is 0 Å². The van der Waals surface area contributed by atoms with Crippen LogP contribution in [0, 0.1) is 5.92 Å². The summed E-state index contributed by atoms with van der Waals surface area (Å²) >= 11 is 3.49. The third-order valence-electron chi connectivity index (χ3n) is 3.45. The molecule has 0 aliphatic heterocycles. The summed E-state index contributed by atoms with van der Waals surface area (Å²) in [5.74, 6) is 0.887. The maximum atomic E-state index is 4.60. The Morgan fingerprint density at radius 2 is 2.11 bits per heavy atom.